The van der Waals surface area contributed by atoms with Gasteiger partial charge in [0.1, 0.15) is 5.25 Å². The van der Waals surface area contributed by atoms with E-state index in [9.17, 15) is 8.42 Å². The predicted octanol–water partition coefficient (Wildman–Crippen LogP) is 1.65. The largest absolute Gasteiger partial charge is 0.378 e. The van der Waals surface area contributed by atoms with E-state index in [-0.39, 0.29) is 13.2 Å². The zero-order chi connectivity index (χ0) is 12.8. The summed E-state index contributed by atoms with van der Waals surface area (Å²) in [6.07, 6.45) is 1.59. The Bertz CT molecular complexity index is 564. The number of nitrogens with one attached hydrogen (secondary N) is 1. The van der Waals surface area contributed by atoms with Gasteiger partial charge in [0.15, 0.2) is 0 Å². The van der Waals surface area contributed by atoms with E-state index >= 15 is 0 Å². The molecule has 0 atom stereocenters. The fourth-order valence-electron chi connectivity index (χ4n) is 2.15. The van der Waals surface area contributed by atoms with Crippen molar-refractivity contribution in [2.75, 3.05) is 13.2 Å². The molecule has 1 N–H and O–H groups in total. The average Bonchev–Trinajstić information content (AvgIpc) is 2.94. The lowest BCUT2D eigenvalue weighted by Crippen LogP contribution is -2.49. The van der Waals surface area contributed by atoms with Gasteiger partial charge in [-0.05, 0) is 24.5 Å². The van der Waals surface area contributed by atoms with Crippen LogP contribution in [0.2, 0.25) is 5.02 Å². The second kappa shape index (κ2) is 4.20. The molecule has 18 heavy (non-hydrogen) atoms. The minimum Gasteiger partial charge on any atom is -0.378 e. The van der Waals surface area contributed by atoms with Gasteiger partial charge in [-0.3, -0.25) is 0 Å². The van der Waals surface area contributed by atoms with Crippen molar-refractivity contribution in [2.24, 2.45) is 0 Å². The Morgan fingerprint density at radius 2 is 1.94 bits per heavy atom. The molecular formula is C12H14ClNO3S. The summed E-state index contributed by atoms with van der Waals surface area (Å²) in [5.41, 5.74) is 0.378. The Labute approximate surface area is 111 Å². The quantitative estimate of drug-likeness (QED) is 0.916. The third kappa shape index (κ3) is 2.05. The first-order chi connectivity index (χ1) is 8.54. The Morgan fingerprint density at radius 3 is 2.44 bits per heavy atom. The van der Waals surface area contributed by atoms with Gasteiger partial charge in [0, 0.05) is 5.02 Å². The number of halogens is 1. The van der Waals surface area contributed by atoms with Crippen molar-refractivity contribution >= 4 is 21.6 Å². The predicted molar refractivity (Wildman–Crippen MR) is 69.0 cm³/mol. The lowest BCUT2D eigenvalue weighted by Gasteiger charge is -2.29. The van der Waals surface area contributed by atoms with E-state index in [2.05, 4.69) is 4.72 Å². The van der Waals surface area contributed by atoms with Crippen molar-refractivity contribution in [3.63, 3.8) is 0 Å². The first kappa shape index (κ1) is 12.4. The summed E-state index contributed by atoms with van der Waals surface area (Å²) < 4.78 is 32.0. The SMILES string of the molecule is O=S(=O)(NC1(c2ccccc2Cl)CC1)C1COC1. The van der Waals surface area contributed by atoms with E-state index in [1.165, 1.54) is 0 Å². The molecule has 0 aromatic heterocycles. The van der Waals surface area contributed by atoms with Gasteiger partial charge in [-0.1, -0.05) is 29.8 Å². The van der Waals surface area contributed by atoms with Crippen LogP contribution in [0, 0.1) is 0 Å². The van der Waals surface area contributed by atoms with Crippen LogP contribution in [0.25, 0.3) is 0 Å². The highest BCUT2D eigenvalue weighted by atomic mass is 35.5. The molecule has 1 aromatic rings. The van der Waals surface area contributed by atoms with Crippen LogP contribution in [0.15, 0.2) is 24.3 Å². The van der Waals surface area contributed by atoms with E-state index < -0.39 is 20.8 Å². The zero-order valence-corrected chi connectivity index (χ0v) is 11.3. The van der Waals surface area contributed by atoms with Crippen LogP contribution >= 0.6 is 11.6 Å². The van der Waals surface area contributed by atoms with E-state index in [1.807, 2.05) is 18.2 Å². The number of rotatable bonds is 4. The molecule has 3 rings (SSSR count). The number of benzene rings is 1. The Kier molecular flexibility index (Phi) is 2.90. The molecule has 98 valence electrons. The third-order valence-corrected chi connectivity index (χ3v) is 5.68. The van der Waals surface area contributed by atoms with Crippen LogP contribution in [-0.4, -0.2) is 26.9 Å². The maximum Gasteiger partial charge on any atom is 0.219 e. The van der Waals surface area contributed by atoms with Crippen LogP contribution < -0.4 is 4.72 Å². The third-order valence-electron chi connectivity index (χ3n) is 3.52. The maximum atomic E-state index is 12.1. The maximum absolute atomic E-state index is 12.1. The van der Waals surface area contributed by atoms with Crippen molar-refractivity contribution in [1.29, 1.82) is 0 Å². The molecule has 2 fully saturated rings. The monoisotopic (exact) mass is 287 g/mol. The Hall–Kier alpha value is -0.620. The number of sulfonamides is 1. The van der Waals surface area contributed by atoms with Gasteiger partial charge in [-0.15, -0.1) is 0 Å². The molecule has 1 heterocycles. The van der Waals surface area contributed by atoms with E-state index in [0.29, 0.717) is 5.02 Å². The van der Waals surface area contributed by atoms with Gasteiger partial charge in [-0.25, -0.2) is 13.1 Å². The van der Waals surface area contributed by atoms with E-state index in [0.717, 1.165) is 18.4 Å². The highest BCUT2D eigenvalue weighted by Gasteiger charge is 2.50. The summed E-state index contributed by atoms with van der Waals surface area (Å²) in [5.74, 6) is 0. The van der Waals surface area contributed by atoms with Crippen LogP contribution in [0.1, 0.15) is 18.4 Å². The van der Waals surface area contributed by atoms with Gasteiger partial charge in [0.05, 0.1) is 18.8 Å². The fraction of sp³-hybridized carbons (Fsp3) is 0.500. The smallest absolute Gasteiger partial charge is 0.219 e. The first-order valence-electron chi connectivity index (χ1n) is 5.89. The lowest BCUT2D eigenvalue weighted by atomic mass is 10.1. The topological polar surface area (TPSA) is 55.4 Å². The molecule has 0 radical (unpaired) electrons. The summed E-state index contributed by atoms with van der Waals surface area (Å²) in [5, 5.41) is 0.194. The molecule has 0 unspecified atom stereocenters. The van der Waals surface area contributed by atoms with E-state index in [1.54, 1.807) is 6.07 Å². The van der Waals surface area contributed by atoms with Crippen molar-refractivity contribution in [1.82, 2.24) is 4.72 Å². The van der Waals surface area contributed by atoms with Crippen LogP contribution in [-0.2, 0) is 20.3 Å². The van der Waals surface area contributed by atoms with Crippen LogP contribution in [0.4, 0.5) is 0 Å². The number of hydrogen-bond acceptors (Lipinski definition) is 3. The molecule has 0 bridgehead atoms. The molecule has 1 aliphatic carbocycles. The van der Waals surface area contributed by atoms with Crippen molar-refractivity contribution < 1.29 is 13.2 Å². The molecular weight excluding hydrogens is 274 g/mol. The van der Waals surface area contributed by atoms with Crippen molar-refractivity contribution in [3.8, 4) is 0 Å². The van der Waals surface area contributed by atoms with Gasteiger partial charge in [0.25, 0.3) is 0 Å². The molecule has 6 heteroatoms. The minimum absolute atomic E-state index is 0.286. The molecule has 2 aliphatic rings. The highest BCUT2D eigenvalue weighted by Crippen LogP contribution is 2.48. The summed E-state index contributed by atoms with van der Waals surface area (Å²) in [4.78, 5) is 0. The average molecular weight is 288 g/mol. The highest BCUT2D eigenvalue weighted by molar-refractivity contribution is 7.90. The van der Waals surface area contributed by atoms with Gasteiger partial charge < -0.3 is 4.74 Å². The van der Waals surface area contributed by atoms with Crippen molar-refractivity contribution in [3.05, 3.63) is 34.9 Å². The zero-order valence-electron chi connectivity index (χ0n) is 9.73. The molecule has 1 saturated carbocycles. The summed E-state index contributed by atoms with van der Waals surface area (Å²) in [6, 6.07) is 7.39. The molecule has 4 nitrogen and oxygen atoms in total. The second-order valence-electron chi connectivity index (χ2n) is 4.87. The van der Waals surface area contributed by atoms with Gasteiger partial charge in [-0.2, -0.15) is 0 Å². The first-order valence-corrected chi connectivity index (χ1v) is 7.81. The molecule has 0 amide bonds. The van der Waals surface area contributed by atoms with Gasteiger partial charge >= 0.3 is 0 Å². The Balaban J connectivity index is 1.86. The summed E-state index contributed by atoms with van der Waals surface area (Å²) in [7, 11) is -3.32. The van der Waals surface area contributed by atoms with Crippen LogP contribution in [0.5, 0.6) is 0 Å². The molecule has 0 spiro atoms. The lowest BCUT2D eigenvalue weighted by molar-refractivity contribution is 0.0409. The van der Waals surface area contributed by atoms with Crippen LogP contribution in [0.3, 0.4) is 0 Å². The number of ether oxygens (including phenoxy) is 1. The minimum atomic E-state index is -3.32. The molecule has 1 saturated heterocycles. The van der Waals surface area contributed by atoms with E-state index in [4.69, 9.17) is 16.3 Å². The number of hydrogen-bond donors (Lipinski definition) is 1. The normalized spacial score (nSPS) is 22.5. The van der Waals surface area contributed by atoms with Gasteiger partial charge in [0.2, 0.25) is 10.0 Å². The fourth-order valence-corrected chi connectivity index (χ4v) is 4.04. The summed E-state index contributed by atoms with van der Waals surface area (Å²) in [6.45, 7) is 0.571. The van der Waals surface area contributed by atoms with Crippen molar-refractivity contribution in [2.45, 2.75) is 23.6 Å². The standard InChI is InChI=1S/C12H14ClNO3S/c13-11-4-2-1-3-10(11)12(5-6-12)14-18(15,16)9-7-17-8-9/h1-4,9,14H,5-8H2. The second-order valence-corrected chi connectivity index (χ2v) is 7.24. The summed E-state index contributed by atoms with van der Waals surface area (Å²) >= 11 is 6.15. The Morgan fingerprint density at radius 1 is 1.28 bits per heavy atom. The molecule has 1 aliphatic heterocycles. The molecule has 1 aromatic carbocycles.